The van der Waals surface area contributed by atoms with Crippen LogP contribution >= 0.6 is 15.9 Å². The third-order valence-electron chi connectivity index (χ3n) is 3.17. The topological polar surface area (TPSA) is 24.5 Å². The van der Waals surface area contributed by atoms with E-state index in [4.69, 9.17) is 4.74 Å². The Balaban J connectivity index is 1.85. The number of ether oxygens (including phenoxy) is 1. The van der Waals surface area contributed by atoms with Gasteiger partial charge in [0.05, 0.1) is 11.1 Å². The number of likely N-dealkylation sites (tertiary alicyclic amines) is 1. The highest BCUT2D eigenvalue weighted by Crippen LogP contribution is 2.21. The summed E-state index contributed by atoms with van der Waals surface area (Å²) in [6.45, 7) is 3.78. The van der Waals surface area contributed by atoms with Gasteiger partial charge in [-0.25, -0.2) is 4.39 Å². The summed E-state index contributed by atoms with van der Waals surface area (Å²) in [7, 11) is 1.72. The molecule has 1 aliphatic rings. The van der Waals surface area contributed by atoms with Crippen molar-refractivity contribution in [2.75, 3.05) is 38.7 Å². The number of nitrogens with one attached hydrogen (secondary N) is 1. The summed E-state index contributed by atoms with van der Waals surface area (Å²) < 4.78 is 19.0. The molecule has 0 unspecified atom stereocenters. The van der Waals surface area contributed by atoms with Crippen LogP contribution in [0.3, 0.4) is 0 Å². The maximum absolute atomic E-state index is 13.4. The van der Waals surface area contributed by atoms with Crippen molar-refractivity contribution in [3.8, 4) is 0 Å². The predicted molar refractivity (Wildman–Crippen MR) is 74.4 cm³/mol. The first-order valence-corrected chi connectivity index (χ1v) is 6.91. The van der Waals surface area contributed by atoms with E-state index in [0.717, 1.165) is 38.3 Å². The number of hydrogen-bond acceptors (Lipinski definition) is 3. The van der Waals surface area contributed by atoms with E-state index in [1.807, 2.05) is 6.07 Å². The van der Waals surface area contributed by atoms with Crippen molar-refractivity contribution in [1.82, 2.24) is 4.90 Å². The highest BCUT2D eigenvalue weighted by molar-refractivity contribution is 9.10. The van der Waals surface area contributed by atoms with Gasteiger partial charge in [0.1, 0.15) is 5.82 Å². The Kier molecular flexibility index (Phi) is 4.97. The van der Waals surface area contributed by atoms with Crippen molar-refractivity contribution in [3.63, 3.8) is 0 Å². The maximum atomic E-state index is 13.4. The Morgan fingerprint density at radius 3 is 3.11 bits per heavy atom. The van der Waals surface area contributed by atoms with Crippen LogP contribution in [0.1, 0.15) is 6.42 Å². The third kappa shape index (κ3) is 3.67. The van der Waals surface area contributed by atoms with Gasteiger partial charge in [0.25, 0.3) is 0 Å². The van der Waals surface area contributed by atoms with Gasteiger partial charge in [-0.05, 0) is 40.5 Å². The highest BCUT2D eigenvalue weighted by Gasteiger charge is 2.21. The van der Waals surface area contributed by atoms with Gasteiger partial charge >= 0.3 is 0 Å². The van der Waals surface area contributed by atoms with Crippen LogP contribution < -0.4 is 5.32 Å². The first-order chi connectivity index (χ1) is 8.69. The average molecular weight is 317 g/mol. The molecule has 100 valence electrons. The Morgan fingerprint density at radius 2 is 2.39 bits per heavy atom. The highest BCUT2D eigenvalue weighted by atomic mass is 79.9. The van der Waals surface area contributed by atoms with E-state index < -0.39 is 0 Å². The fourth-order valence-electron chi connectivity index (χ4n) is 2.20. The van der Waals surface area contributed by atoms with Crippen molar-refractivity contribution in [1.29, 1.82) is 0 Å². The van der Waals surface area contributed by atoms with Crippen molar-refractivity contribution in [2.45, 2.75) is 12.5 Å². The third-order valence-corrected chi connectivity index (χ3v) is 3.82. The molecule has 0 spiro atoms. The lowest BCUT2D eigenvalue weighted by Crippen LogP contribution is -2.28. The van der Waals surface area contributed by atoms with Gasteiger partial charge in [0, 0.05) is 38.5 Å². The monoisotopic (exact) mass is 316 g/mol. The molecule has 0 radical (unpaired) electrons. The quantitative estimate of drug-likeness (QED) is 0.904. The number of benzene rings is 1. The fraction of sp³-hybridized carbons (Fsp3) is 0.538. The molecule has 3 nitrogen and oxygen atoms in total. The summed E-state index contributed by atoms with van der Waals surface area (Å²) in [4.78, 5) is 2.36. The molecule has 0 saturated carbocycles. The molecule has 1 saturated heterocycles. The second-order valence-electron chi connectivity index (χ2n) is 4.55. The van der Waals surface area contributed by atoms with E-state index in [0.29, 0.717) is 10.5 Å². The van der Waals surface area contributed by atoms with Crippen LogP contribution in [0.15, 0.2) is 22.7 Å². The van der Waals surface area contributed by atoms with Crippen molar-refractivity contribution in [3.05, 3.63) is 28.5 Å². The van der Waals surface area contributed by atoms with Crippen LogP contribution in [0.4, 0.5) is 10.1 Å². The lowest BCUT2D eigenvalue weighted by atomic mass is 10.2. The predicted octanol–water partition coefficient (Wildman–Crippen LogP) is 2.72. The minimum Gasteiger partial charge on any atom is -0.383 e. The standard InChI is InChI=1S/C13H18BrFN2O/c1-18-7-6-17-5-4-11(9-17)16-10-2-3-12(14)13(15)8-10/h2-3,8,11,16H,4-7,9H2,1H3/t11-/m0/s1. The molecule has 0 aromatic heterocycles. The molecular formula is C13H18BrFN2O. The van der Waals surface area contributed by atoms with Crippen LogP contribution in [0.2, 0.25) is 0 Å². The molecule has 1 heterocycles. The van der Waals surface area contributed by atoms with E-state index in [1.165, 1.54) is 6.07 Å². The molecular weight excluding hydrogens is 299 g/mol. The van der Waals surface area contributed by atoms with Gasteiger partial charge in [-0.3, -0.25) is 4.90 Å². The molecule has 1 N–H and O–H groups in total. The summed E-state index contributed by atoms with van der Waals surface area (Å²) in [5, 5.41) is 3.37. The van der Waals surface area contributed by atoms with E-state index in [1.54, 1.807) is 13.2 Å². The average Bonchev–Trinajstić information content (AvgIpc) is 2.79. The Morgan fingerprint density at radius 1 is 1.56 bits per heavy atom. The van der Waals surface area contributed by atoms with Crippen LogP contribution in [0.5, 0.6) is 0 Å². The molecule has 1 fully saturated rings. The Labute approximate surface area is 115 Å². The Hall–Kier alpha value is -0.650. The summed E-state index contributed by atoms with van der Waals surface area (Å²) in [6, 6.07) is 5.55. The van der Waals surface area contributed by atoms with Crippen molar-refractivity contribution in [2.24, 2.45) is 0 Å². The van der Waals surface area contributed by atoms with E-state index in [-0.39, 0.29) is 5.82 Å². The van der Waals surface area contributed by atoms with Crippen LogP contribution in [-0.2, 0) is 4.74 Å². The molecule has 0 bridgehead atoms. The van der Waals surface area contributed by atoms with Gasteiger partial charge in [-0.2, -0.15) is 0 Å². The van der Waals surface area contributed by atoms with Crippen LogP contribution in [-0.4, -0.2) is 44.3 Å². The molecule has 1 aliphatic heterocycles. The number of methoxy groups -OCH3 is 1. The molecule has 5 heteroatoms. The summed E-state index contributed by atoms with van der Waals surface area (Å²) in [5.74, 6) is -0.228. The summed E-state index contributed by atoms with van der Waals surface area (Å²) in [6.07, 6.45) is 1.08. The lowest BCUT2D eigenvalue weighted by molar-refractivity contribution is 0.160. The maximum Gasteiger partial charge on any atom is 0.139 e. The molecule has 18 heavy (non-hydrogen) atoms. The zero-order chi connectivity index (χ0) is 13.0. The molecule has 1 atom stereocenters. The van der Waals surface area contributed by atoms with Gasteiger partial charge in [-0.15, -0.1) is 0 Å². The van der Waals surface area contributed by atoms with Gasteiger partial charge in [0.2, 0.25) is 0 Å². The largest absolute Gasteiger partial charge is 0.383 e. The molecule has 0 aliphatic carbocycles. The van der Waals surface area contributed by atoms with Crippen molar-refractivity contribution < 1.29 is 9.13 Å². The van der Waals surface area contributed by atoms with E-state index in [9.17, 15) is 4.39 Å². The second-order valence-corrected chi connectivity index (χ2v) is 5.41. The van der Waals surface area contributed by atoms with E-state index >= 15 is 0 Å². The zero-order valence-corrected chi connectivity index (χ0v) is 12.0. The van der Waals surface area contributed by atoms with Crippen molar-refractivity contribution >= 4 is 21.6 Å². The van der Waals surface area contributed by atoms with E-state index in [2.05, 4.69) is 26.1 Å². The number of nitrogens with zero attached hydrogens (tertiary/aromatic N) is 1. The zero-order valence-electron chi connectivity index (χ0n) is 10.5. The first kappa shape index (κ1) is 13.8. The number of rotatable bonds is 5. The number of halogens is 2. The lowest BCUT2D eigenvalue weighted by Gasteiger charge is -2.17. The van der Waals surface area contributed by atoms with Gasteiger partial charge < -0.3 is 10.1 Å². The molecule has 2 rings (SSSR count). The minimum absolute atomic E-state index is 0.228. The Bertz CT molecular complexity index is 403. The smallest absolute Gasteiger partial charge is 0.139 e. The molecule has 1 aromatic carbocycles. The summed E-state index contributed by atoms with van der Waals surface area (Å²) in [5.41, 5.74) is 0.842. The molecule has 0 amide bonds. The van der Waals surface area contributed by atoms with Gasteiger partial charge in [-0.1, -0.05) is 0 Å². The van der Waals surface area contributed by atoms with Crippen LogP contribution in [0, 0.1) is 5.82 Å². The van der Waals surface area contributed by atoms with Gasteiger partial charge in [0.15, 0.2) is 0 Å². The molecule has 1 aromatic rings. The number of anilines is 1. The second kappa shape index (κ2) is 6.50. The van der Waals surface area contributed by atoms with Crippen LogP contribution in [0.25, 0.3) is 0 Å². The summed E-state index contributed by atoms with van der Waals surface area (Å²) >= 11 is 3.16. The minimum atomic E-state index is -0.228. The number of hydrogen-bond donors (Lipinski definition) is 1. The first-order valence-electron chi connectivity index (χ1n) is 6.12. The normalized spacial score (nSPS) is 20.3. The SMILES string of the molecule is COCCN1CC[C@H](Nc2ccc(Br)c(F)c2)C1. The fourth-order valence-corrected chi connectivity index (χ4v) is 2.44.